The number of phenolic OH excluding ortho intramolecular Hbond substituents is 1. The Hall–Kier alpha value is -1.97. The van der Waals surface area contributed by atoms with Crippen molar-refractivity contribution in [3.63, 3.8) is 0 Å². The molecule has 0 atom stereocenters. The van der Waals surface area contributed by atoms with Crippen LogP contribution in [-0.2, 0) is 11.3 Å². The van der Waals surface area contributed by atoms with Gasteiger partial charge in [-0.3, -0.25) is 4.79 Å². The second-order valence-electron chi connectivity index (χ2n) is 5.29. The Morgan fingerprint density at radius 3 is 2.77 bits per heavy atom. The Morgan fingerprint density at radius 1 is 1.27 bits per heavy atom. The largest absolute Gasteiger partial charge is 0.504 e. The molecule has 0 radical (unpaired) electrons. The van der Waals surface area contributed by atoms with Crippen LogP contribution in [0.25, 0.3) is 0 Å². The maximum atomic E-state index is 11.8. The number of phenols is 1. The molecule has 0 spiro atoms. The predicted molar refractivity (Wildman–Crippen MR) is 89.0 cm³/mol. The second kappa shape index (κ2) is 10.7. The highest BCUT2D eigenvalue weighted by atomic mass is 16.5. The van der Waals surface area contributed by atoms with Crippen LogP contribution in [-0.4, -0.2) is 18.1 Å². The Morgan fingerprint density at radius 2 is 2.05 bits per heavy atom. The zero-order valence-electron chi connectivity index (χ0n) is 13.6. The molecule has 0 heterocycles. The molecule has 0 saturated heterocycles. The van der Waals surface area contributed by atoms with Crippen LogP contribution in [0.2, 0.25) is 0 Å². The van der Waals surface area contributed by atoms with Crippen molar-refractivity contribution in [2.45, 2.75) is 52.0 Å². The molecule has 1 rings (SSSR count). The fraction of sp³-hybridized carbons (Fsp3) is 0.500. The third-order valence-electron chi connectivity index (χ3n) is 3.38. The van der Waals surface area contributed by atoms with Gasteiger partial charge < -0.3 is 15.2 Å². The lowest BCUT2D eigenvalue weighted by Crippen LogP contribution is -2.22. The molecule has 0 aliphatic rings. The summed E-state index contributed by atoms with van der Waals surface area (Å²) in [6.45, 7) is 2.62. The van der Waals surface area contributed by atoms with Crippen molar-refractivity contribution >= 4 is 5.91 Å². The van der Waals surface area contributed by atoms with E-state index in [1.165, 1.54) is 13.5 Å². The Labute approximate surface area is 133 Å². The maximum absolute atomic E-state index is 11.8. The molecule has 0 saturated carbocycles. The van der Waals surface area contributed by atoms with E-state index in [4.69, 9.17) is 4.74 Å². The van der Waals surface area contributed by atoms with E-state index in [-0.39, 0.29) is 11.7 Å². The minimum absolute atomic E-state index is 0.0598. The van der Waals surface area contributed by atoms with E-state index >= 15 is 0 Å². The number of hydrogen-bond acceptors (Lipinski definition) is 3. The van der Waals surface area contributed by atoms with E-state index in [0.29, 0.717) is 18.7 Å². The fourth-order valence-corrected chi connectivity index (χ4v) is 2.07. The van der Waals surface area contributed by atoms with Gasteiger partial charge in [0.15, 0.2) is 11.5 Å². The summed E-state index contributed by atoms with van der Waals surface area (Å²) in [6.07, 6.45) is 10.3. The van der Waals surface area contributed by atoms with E-state index in [9.17, 15) is 9.90 Å². The number of carbonyl (C=O) groups excluding carboxylic acids is 1. The molecule has 0 aliphatic heterocycles. The van der Waals surface area contributed by atoms with Crippen molar-refractivity contribution in [1.82, 2.24) is 5.32 Å². The highest BCUT2D eigenvalue weighted by Gasteiger charge is 2.04. The van der Waals surface area contributed by atoms with Gasteiger partial charge in [0.25, 0.3) is 0 Å². The molecule has 0 aromatic heterocycles. The van der Waals surface area contributed by atoms with Crippen LogP contribution in [0.15, 0.2) is 30.4 Å². The Bertz CT molecular complexity index is 483. The molecule has 4 nitrogen and oxygen atoms in total. The van der Waals surface area contributed by atoms with Crippen molar-refractivity contribution in [1.29, 1.82) is 0 Å². The first-order valence-electron chi connectivity index (χ1n) is 7.95. The summed E-state index contributed by atoms with van der Waals surface area (Å²) in [5, 5.41) is 12.4. The lowest BCUT2D eigenvalue weighted by Gasteiger charge is -2.08. The number of unbranched alkanes of at least 4 members (excludes halogenated alkanes) is 3. The summed E-state index contributed by atoms with van der Waals surface area (Å²) in [5.41, 5.74) is 0.908. The molecular formula is C18H27NO3. The first kappa shape index (κ1) is 18.1. The van der Waals surface area contributed by atoms with Crippen LogP contribution in [0.3, 0.4) is 0 Å². The fourth-order valence-electron chi connectivity index (χ4n) is 2.07. The number of amides is 1. The number of methoxy groups -OCH3 is 1. The Balaban J connectivity index is 2.20. The normalized spacial score (nSPS) is 10.8. The molecule has 0 aliphatic carbocycles. The van der Waals surface area contributed by atoms with E-state index < -0.39 is 0 Å². The summed E-state index contributed by atoms with van der Waals surface area (Å²) < 4.78 is 5.04. The average Bonchev–Trinajstić information content (AvgIpc) is 2.53. The molecule has 0 unspecified atom stereocenters. The summed E-state index contributed by atoms with van der Waals surface area (Å²) in [5.74, 6) is 0.587. The van der Waals surface area contributed by atoms with Crippen LogP contribution >= 0.6 is 0 Å². The lowest BCUT2D eigenvalue weighted by atomic mass is 10.1. The first-order chi connectivity index (χ1) is 10.7. The van der Waals surface area contributed by atoms with Gasteiger partial charge in [-0.15, -0.1) is 0 Å². The monoisotopic (exact) mass is 305 g/mol. The zero-order chi connectivity index (χ0) is 16.2. The third-order valence-corrected chi connectivity index (χ3v) is 3.38. The van der Waals surface area contributed by atoms with Gasteiger partial charge in [-0.25, -0.2) is 0 Å². The third kappa shape index (κ3) is 7.16. The molecule has 1 aromatic rings. The van der Waals surface area contributed by atoms with Gasteiger partial charge in [0.1, 0.15) is 0 Å². The van der Waals surface area contributed by atoms with Gasteiger partial charge in [0.2, 0.25) is 5.91 Å². The lowest BCUT2D eigenvalue weighted by molar-refractivity contribution is -0.121. The quantitative estimate of drug-likeness (QED) is 0.508. The molecular weight excluding hydrogens is 278 g/mol. The molecule has 1 amide bonds. The molecule has 4 heteroatoms. The molecule has 122 valence electrons. The van der Waals surface area contributed by atoms with Crippen LogP contribution in [0.1, 0.15) is 51.0 Å². The molecule has 22 heavy (non-hydrogen) atoms. The molecule has 1 aromatic carbocycles. The minimum Gasteiger partial charge on any atom is -0.504 e. The van der Waals surface area contributed by atoms with Gasteiger partial charge in [0, 0.05) is 13.0 Å². The van der Waals surface area contributed by atoms with Gasteiger partial charge in [-0.2, -0.15) is 0 Å². The first-order valence-corrected chi connectivity index (χ1v) is 7.95. The van der Waals surface area contributed by atoms with Crippen LogP contribution < -0.4 is 10.1 Å². The number of rotatable bonds is 10. The summed E-state index contributed by atoms with van der Waals surface area (Å²) in [4.78, 5) is 11.8. The molecule has 0 fully saturated rings. The SMILES string of the molecule is CCCC=CCCCCC(=O)NCc1ccc(O)c(OC)c1. The number of nitrogens with one attached hydrogen (secondary N) is 1. The van der Waals surface area contributed by atoms with Gasteiger partial charge in [0.05, 0.1) is 7.11 Å². The van der Waals surface area contributed by atoms with E-state index in [0.717, 1.165) is 31.2 Å². The van der Waals surface area contributed by atoms with Crippen molar-refractivity contribution in [2.75, 3.05) is 7.11 Å². The second-order valence-corrected chi connectivity index (χ2v) is 5.29. The van der Waals surface area contributed by atoms with Gasteiger partial charge >= 0.3 is 0 Å². The van der Waals surface area contributed by atoms with Gasteiger partial charge in [-0.05, 0) is 43.4 Å². The number of hydrogen-bond donors (Lipinski definition) is 2. The van der Waals surface area contributed by atoms with Crippen molar-refractivity contribution in [3.8, 4) is 11.5 Å². The summed E-state index contributed by atoms with van der Waals surface area (Å²) in [6, 6.07) is 5.08. The number of benzene rings is 1. The molecule has 2 N–H and O–H groups in total. The maximum Gasteiger partial charge on any atom is 0.220 e. The van der Waals surface area contributed by atoms with Crippen LogP contribution in [0.5, 0.6) is 11.5 Å². The van der Waals surface area contributed by atoms with Crippen molar-refractivity contribution in [3.05, 3.63) is 35.9 Å². The van der Waals surface area contributed by atoms with E-state index in [1.54, 1.807) is 18.2 Å². The highest BCUT2D eigenvalue weighted by molar-refractivity contribution is 5.75. The minimum atomic E-state index is 0.0598. The van der Waals surface area contributed by atoms with E-state index in [2.05, 4.69) is 24.4 Å². The predicted octanol–water partition coefficient (Wildman–Crippen LogP) is 3.93. The van der Waals surface area contributed by atoms with Crippen molar-refractivity contribution < 1.29 is 14.6 Å². The summed E-state index contributed by atoms with van der Waals surface area (Å²) >= 11 is 0. The zero-order valence-corrected chi connectivity index (χ0v) is 13.6. The standard InChI is InChI=1S/C18H27NO3/c1-3-4-5-6-7-8-9-10-18(21)19-14-15-11-12-16(20)17(13-15)22-2/h5-6,11-13,20H,3-4,7-10,14H2,1-2H3,(H,19,21). The topological polar surface area (TPSA) is 58.6 Å². The van der Waals surface area contributed by atoms with E-state index in [1.807, 2.05) is 0 Å². The number of carbonyl (C=O) groups is 1. The van der Waals surface area contributed by atoms with Crippen molar-refractivity contribution in [2.24, 2.45) is 0 Å². The van der Waals surface area contributed by atoms with Gasteiger partial charge in [-0.1, -0.05) is 31.6 Å². The smallest absolute Gasteiger partial charge is 0.220 e. The highest BCUT2D eigenvalue weighted by Crippen LogP contribution is 2.26. The van der Waals surface area contributed by atoms with Crippen LogP contribution in [0, 0.1) is 0 Å². The molecule has 0 bridgehead atoms. The number of ether oxygens (including phenoxy) is 1. The number of allylic oxidation sites excluding steroid dienone is 2. The number of aromatic hydroxyl groups is 1. The van der Waals surface area contributed by atoms with Crippen LogP contribution in [0.4, 0.5) is 0 Å². The summed E-state index contributed by atoms with van der Waals surface area (Å²) in [7, 11) is 1.51. The average molecular weight is 305 g/mol. The Kier molecular flexibility index (Phi) is 8.80.